The molecule has 0 aromatic heterocycles. The summed E-state index contributed by atoms with van der Waals surface area (Å²) in [6.45, 7) is 2.32. The Labute approximate surface area is 108 Å². The lowest BCUT2D eigenvalue weighted by molar-refractivity contribution is 0.161. The van der Waals surface area contributed by atoms with Crippen molar-refractivity contribution in [1.29, 1.82) is 0 Å². The van der Waals surface area contributed by atoms with Crippen LogP contribution in [0.4, 0.5) is 0 Å². The maximum absolute atomic E-state index is 2.64. The van der Waals surface area contributed by atoms with Gasteiger partial charge in [-0.1, -0.05) is 48.5 Å². The van der Waals surface area contributed by atoms with Crippen molar-refractivity contribution in [2.24, 2.45) is 0 Å². The van der Waals surface area contributed by atoms with E-state index >= 15 is 0 Å². The van der Waals surface area contributed by atoms with E-state index in [9.17, 15) is 0 Å². The Morgan fingerprint density at radius 3 is 2.44 bits per heavy atom. The first kappa shape index (κ1) is 10.3. The third-order valence-electron chi connectivity index (χ3n) is 4.43. The predicted octanol–water partition coefficient (Wildman–Crippen LogP) is 3.34. The van der Waals surface area contributed by atoms with Crippen LogP contribution in [0.5, 0.6) is 0 Å². The molecule has 4 rings (SSSR count). The molecule has 1 atom stereocenters. The number of hydrogen-bond acceptors (Lipinski definition) is 1. The van der Waals surface area contributed by atoms with Gasteiger partial charge in [0.2, 0.25) is 0 Å². The molecule has 0 bridgehead atoms. The molecule has 0 aliphatic carbocycles. The molecule has 2 aromatic carbocycles. The first-order valence-electron chi connectivity index (χ1n) is 6.80. The molecule has 90 valence electrons. The summed E-state index contributed by atoms with van der Waals surface area (Å²) < 4.78 is 0. The van der Waals surface area contributed by atoms with E-state index in [4.69, 9.17) is 0 Å². The van der Waals surface area contributed by atoms with Gasteiger partial charge in [-0.2, -0.15) is 0 Å². The van der Waals surface area contributed by atoms with Crippen LogP contribution in [0.2, 0.25) is 0 Å². The number of fused-ring (bicyclic) bond motifs is 4. The van der Waals surface area contributed by atoms with Crippen molar-refractivity contribution in [3.05, 3.63) is 70.8 Å². The fourth-order valence-electron chi connectivity index (χ4n) is 3.47. The minimum atomic E-state index is 0.602. The summed E-state index contributed by atoms with van der Waals surface area (Å²) in [6, 6.07) is 18.5. The van der Waals surface area contributed by atoms with Crippen LogP contribution in [-0.2, 0) is 19.4 Å². The monoisotopic (exact) mass is 235 g/mol. The fourth-order valence-corrected chi connectivity index (χ4v) is 3.47. The Morgan fingerprint density at radius 2 is 1.56 bits per heavy atom. The molecule has 0 N–H and O–H groups in total. The molecule has 0 amide bonds. The molecule has 2 heterocycles. The van der Waals surface area contributed by atoms with Gasteiger partial charge in [-0.3, -0.25) is 4.90 Å². The highest BCUT2D eigenvalue weighted by molar-refractivity contribution is 5.38. The van der Waals surface area contributed by atoms with Crippen molar-refractivity contribution in [3.63, 3.8) is 0 Å². The zero-order valence-electron chi connectivity index (χ0n) is 10.5. The van der Waals surface area contributed by atoms with E-state index in [0.29, 0.717) is 6.04 Å². The van der Waals surface area contributed by atoms with Gasteiger partial charge in [-0.25, -0.2) is 0 Å². The summed E-state index contributed by atoms with van der Waals surface area (Å²) in [7, 11) is 0. The second-order valence-corrected chi connectivity index (χ2v) is 5.41. The van der Waals surface area contributed by atoms with Crippen molar-refractivity contribution >= 4 is 0 Å². The minimum Gasteiger partial charge on any atom is -0.291 e. The Morgan fingerprint density at radius 1 is 0.833 bits per heavy atom. The number of hydrogen-bond donors (Lipinski definition) is 0. The number of rotatable bonds is 0. The van der Waals surface area contributed by atoms with Crippen LogP contribution >= 0.6 is 0 Å². The molecular weight excluding hydrogens is 218 g/mol. The first-order valence-corrected chi connectivity index (χ1v) is 6.80. The molecule has 1 nitrogen and oxygen atoms in total. The summed E-state index contributed by atoms with van der Waals surface area (Å²) in [5.74, 6) is 0. The molecule has 2 aliphatic rings. The van der Waals surface area contributed by atoms with Crippen molar-refractivity contribution in [2.75, 3.05) is 6.54 Å². The van der Waals surface area contributed by atoms with Crippen LogP contribution in [-0.4, -0.2) is 11.4 Å². The highest BCUT2D eigenvalue weighted by atomic mass is 15.2. The quantitative estimate of drug-likeness (QED) is 0.677. The lowest BCUT2D eigenvalue weighted by atomic mass is 9.84. The summed E-state index contributed by atoms with van der Waals surface area (Å²) in [6.07, 6.45) is 2.38. The molecule has 1 heteroatoms. The lowest BCUT2D eigenvalue weighted by Gasteiger charge is -2.41. The third-order valence-corrected chi connectivity index (χ3v) is 4.43. The van der Waals surface area contributed by atoms with Crippen LogP contribution in [0.25, 0.3) is 0 Å². The first-order chi connectivity index (χ1) is 8.92. The summed E-state index contributed by atoms with van der Waals surface area (Å²) in [5.41, 5.74) is 6.17. The average molecular weight is 235 g/mol. The van der Waals surface area contributed by atoms with Crippen molar-refractivity contribution in [2.45, 2.75) is 25.4 Å². The van der Waals surface area contributed by atoms with Crippen LogP contribution in [0.3, 0.4) is 0 Å². The molecule has 0 saturated carbocycles. The minimum absolute atomic E-state index is 0.602. The average Bonchev–Trinajstić information content (AvgIpc) is 2.45. The van der Waals surface area contributed by atoms with Gasteiger partial charge in [0.25, 0.3) is 0 Å². The SMILES string of the molecule is c1ccc2c(c1)CC1c3ccccc3CCN1C2. The molecular formula is C17H17N. The van der Waals surface area contributed by atoms with Gasteiger partial charge in [0.05, 0.1) is 0 Å². The molecule has 1 unspecified atom stereocenters. The topological polar surface area (TPSA) is 3.24 Å². The van der Waals surface area contributed by atoms with Gasteiger partial charge in [0.15, 0.2) is 0 Å². The molecule has 0 fully saturated rings. The molecule has 2 aliphatic heterocycles. The Hall–Kier alpha value is -1.60. The van der Waals surface area contributed by atoms with E-state index in [1.165, 1.54) is 30.5 Å². The van der Waals surface area contributed by atoms with E-state index in [2.05, 4.69) is 53.4 Å². The lowest BCUT2D eigenvalue weighted by Crippen LogP contribution is -2.39. The Balaban J connectivity index is 1.79. The van der Waals surface area contributed by atoms with E-state index in [1.54, 1.807) is 11.1 Å². The zero-order chi connectivity index (χ0) is 11.9. The van der Waals surface area contributed by atoms with Gasteiger partial charge >= 0.3 is 0 Å². The van der Waals surface area contributed by atoms with Crippen molar-refractivity contribution in [3.8, 4) is 0 Å². The molecule has 2 aromatic rings. The van der Waals surface area contributed by atoms with Gasteiger partial charge in [0.1, 0.15) is 0 Å². The van der Waals surface area contributed by atoms with Gasteiger partial charge in [-0.15, -0.1) is 0 Å². The van der Waals surface area contributed by atoms with Crippen LogP contribution < -0.4 is 0 Å². The Kier molecular flexibility index (Phi) is 2.27. The molecule has 0 saturated heterocycles. The van der Waals surface area contributed by atoms with Gasteiger partial charge in [0, 0.05) is 19.1 Å². The smallest absolute Gasteiger partial charge is 0.0394 e. The standard InChI is InChI=1S/C17H17N/c1-2-7-15-12-18-10-9-13-5-3-4-8-16(13)17(18)11-14(15)6-1/h1-8,17H,9-12H2. The zero-order valence-corrected chi connectivity index (χ0v) is 10.5. The second-order valence-electron chi connectivity index (χ2n) is 5.41. The van der Waals surface area contributed by atoms with E-state index in [1.807, 2.05) is 0 Å². The summed E-state index contributed by atoms with van der Waals surface area (Å²) >= 11 is 0. The maximum atomic E-state index is 2.64. The summed E-state index contributed by atoms with van der Waals surface area (Å²) in [4.78, 5) is 2.64. The molecule has 0 radical (unpaired) electrons. The van der Waals surface area contributed by atoms with Gasteiger partial charge < -0.3 is 0 Å². The van der Waals surface area contributed by atoms with E-state index in [-0.39, 0.29) is 0 Å². The fraction of sp³-hybridized carbons (Fsp3) is 0.294. The summed E-state index contributed by atoms with van der Waals surface area (Å²) in [5, 5.41) is 0. The second kappa shape index (κ2) is 3.96. The van der Waals surface area contributed by atoms with Crippen LogP contribution in [0.15, 0.2) is 48.5 Å². The van der Waals surface area contributed by atoms with Crippen molar-refractivity contribution < 1.29 is 0 Å². The van der Waals surface area contributed by atoms with Crippen LogP contribution in [0.1, 0.15) is 28.3 Å². The Bertz CT molecular complexity index is 588. The highest BCUT2D eigenvalue weighted by Crippen LogP contribution is 2.37. The number of benzene rings is 2. The van der Waals surface area contributed by atoms with Gasteiger partial charge in [-0.05, 0) is 35.1 Å². The maximum Gasteiger partial charge on any atom is 0.0394 e. The normalized spacial score (nSPS) is 21.9. The number of nitrogens with zero attached hydrogens (tertiary/aromatic N) is 1. The van der Waals surface area contributed by atoms with E-state index < -0.39 is 0 Å². The predicted molar refractivity (Wildman–Crippen MR) is 73.4 cm³/mol. The highest BCUT2D eigenvalue weighted by Gasteiger charge is 2.31. The van der Waals surface area contributed by atoms with Crippen molar-refractivity contribution in [1.82, 2.24) is 4.90 Å². The van der Waals surface area contributed by atoms with Crippen LogP contribution in [0, 0.1) is 0 Å². The third kappa shape index (κ3) is 1.51. The van der Waals surface area contributed by atoms with E-state index in [0.717, 1.165) is 6.54 Å². The molecule has 18 heavy (non-hydrogen) atoms. The molecule has 0 spiro atoms. The largest absolute Gasteiger partial charge is 0.291 e.